The van der Waals surface area contributed by atoms with Crippen LogP contribution in [-0.4, -0.2) is 84.2 Å². The van der Waals surface area contributed by atoms with Crippen LogP contribution >= 0.6 is 0 Å². The molecule has 0 unspecified atom stereocenters. The highest BCUT2D eigenvalue weighted by molar-refractivity contribution is 5.82. The quantitative estimate of drug-likeness (QED) is 0.204. The van der Waals surface area contributed by atoms with E-state index in [0.717, 1.165) is 53.9 Å². The molecule has 1 aromatic heterocycles. The molecule has 268 valence electrons. The Kier molecular flexibility index (Phi) is 12.2. The molecule has 50 heavy (non-hydrogen) atoms. The summed E-state index contributed by atoms with van der Waals surface area (Å²) in [4.78, 5) is 49.2. The summed E-state index contributed by atoms with van der Waals surface area (Å²) in [6, 6.07) is 19.4. The van der Waals surface area contributed by atoms with Crippen molar-refractivity contribution in [2.75, 3.05) is 39.9 Å². The van der Waals surface area contributed by atoms with E-state index in [1.54, 1.807) is 24.4 Å². The van der Waals surface area contributed by atoms with E-state index in [4.69, 9.17) is 14.2 Å². The molecule has 0 saturated carbocycles. The smallest absolute Gasteiger partial charge is 0.410 e. The van der Waals surface area contributed by atoms with Crippen LogP contribution in [0.1, 0.15) is 76.5 Å². The number of nitrogens with one attached hydrogen (secondary N) is 1. The van der Waals surface area contributed by atoms with E-state index in [2.05, 4.69) is 22.4 Å². The third kappa shape index (κ3) is 8.82. The molecule has 2 aromatic carbocycles. The number of carbonyl (C=O) groups excluding carboxylic acids is 3. The Balaban J connectivity index is 1.43. The number of hydrogen-bond donors (Lipinski definition) is 1. The zero-order valence-electron chi connectivity index (χ0n) is 30.2. The lowest BCUT2D eigenvalue weighted by Crippen LogP contribution is -2.58. The third-order valence-electron chi connectivity index (χ3n) is 9.57. The summed E-state index contributed by atoms with van der Waals surface area (Å²) < 4.78 is 17.5. The van der Waals surface area contributed by atoms with Crippen LogP contribution in [0.4, 0.5) is 4.79 Å². The van der Waals surface area contributed by atoms with Crippen LogP contribution in [-0.2, 0) is 30.9 Å². The highest BCUT2D eigenvalue weighted by Gasteiger charge is 2.44. The van der Waals surface area contributed by atoms with Gasteiger partial charge in [0.15, 0.2) is 0 Å². The summed E-state index contributed by atoms with van der Waals surface area (Å²) in [5, 5.41) is 3.34. The predicted octanol–water partition coefficient (Wildman–Crippen LogP) is 6.51. The molecular formula is C40H52N4O6. The number of benzene rings is 2. The Hall–Kier alpha value is -4.44. The van der Waals surface area contributed by atoms with Crippen LogP contribution in [0.3, 0.4) is 0 Å². The van der Waals surface area contributed by atoms with E-state index in [1.165, 1.54) is 0 Å². The van der Waals surface area contributed by atoms with Gasteiger partial charge in [-0.3, -0.25) is 14.6 Å². The molecule has 10 nitrogen and oxygen atoms in total. The average molecular weight is 685 g/mol. The molecule has 3 amide bonds. The Labute approximate surface area is 296 Å². The van der Waals surface area contributed by atoms with Crippen LogP contribution in [0.25, 0.3) is 0 Å². The van der Waals surface area contributed by atoms with E-state index in [0.29, 0.717) is 32.7 Å². The van der Waals surface area contributed by atoms with E-state index in [9.17, 15) is 14.4 Å². The molecule has 2 aliphatic heterocycles. The molecule has 10 heteroatoms. The van der Waals surface area contributed by atoms with Crippen molar-refractivity contribution >= 4 is 17.9 Å². The molecule has 2 aliphatic rings. The molecule has 2 atom stereocenters. The molecule has 5 rings (SSSR count). The molecule has 0 spiro atoms. The van der Waals surface area contributed by atoms with Gasteiger partial charge in [-0.2, -0.15) is 0 Å². The first-order chi connectivity index (χ1) is 24.0. The number of piperidine rings is 1. The first kappa shape index (κ1) is 36.8. The SMILES string of the molecule is CCCN(C(=O)Cc1ccncc1)[C@@H]1C[C@H](C(=O)NCC2(CCCCOC)c3ccccc3Oc3ccccc32)CN(C(=O)OC(C)(C)C)C1. The van der Waals surface area contributed by atoms with Crippen molar-refractivity contribution in [3.63, 3.8) is 0 Å². The number of methoxy groups -OCH3 is 1. The van der Waals surface area contributed by atoms with Crippen molar-refractivity contribution in [2.45, 2.75) is 83.3 Å². The Morgan fingerprint density at radius 3 is 2.26 bits per heavy atom. The second-order valence-corrected chi connectivity index (χ2v) is 14.4. The Morgan fingerprint density at radius 1 is 0.980 bits per heavy atom. The van der Waals surface area contributed by atoms with Gasteiger partial charge in [-0.05, 0) is 82.7 Å². The number of fused-ring (bicyclic) bond motifs is 2. The minimum atomic E-state index is -0.707. The van der Waals surface area contributed by atoms with Crippen molar-refractivity contribution < 1.29 is 28.6 Å². The standard InChI is InChI=1S/C40H52N4O6/c1-6-22-44(36(45)24-29-17-20-41-21-18-29)31-25-30(26-43(27-31)38(47)50-39(2,3)4)37(46)42-28-40(19-11-12-23-48-5)32-13-7-9-15-34(32)49-35-16-10-8-14-33(35)40/h7-10,13-18,20-21,30-31H,6,11-12,19,22-28H2,1-5H3,(H,42,46)/t30-,31+/m0/s1. The number of likely N-dealkylation sites (tertiary alicyclic amines) is 1. The van der Waals surface area contributed by atoms with E-state index in [1.807, 2.05) is 81.1 Å². The van der Waals surface area contributed by atoms with Gasteiger partial charge >= 0.3 is 6.09 Å². The number of unbranched alkanes of at least 4 members (excludes halogenated alkanes) is 1. The second-order valence-electron chi connectivity index (χ2n) is 14.4. The van der Waals surface area contributed by atoms with Gasteiger partial charge in [0.2, 0.25) is 11.8 Å². The van der Waals surface area contributed by atoms with Crippen molar-refractivity contribution in [2.24, 2.45) is 5.92 Å². The maximum atomic E-state index is 14.4. The topological polar surface area (TPSA) is 110 Å². The number of para-hydroxylation sites is 2. The van der Waals surface area contributed by atoms with Crippen molar-refractivity contribution in [1.82, 2.24) is 20.1 Å². The van der Waals surface area contributed by atoms with Crippen LogP contribution in [0, 0.1) is 5.92 Å². The highest BCUT2D eigenvalue weighted by atomic mass is 16.6. The fraction of sp³-hybridized carbons (Fsp3) is 0.500. The van der Waals surface area contributed by atoms with Crippen LogP contribution < -0.4 is 10.1 Å². The number of aromatic nitrogens is 1. The lowest BCUT2D eigenvalue weighted by Gasteiger charge is -2.43. The first-order valence-electron chi connectivity index (χ1n) is 17.8. The highest BCUT2D eigenvalue weighted by Crippen LogP contribution is 2.50. The molecule has 1 N–H and O–H groups in total. The van der Waals surface area contributed by atoms with E-state index >= 15 is 0 Å². The molecule has 0 radical (unpaired) electrons. The maximum absolute atomic E-state index is 14.4. The monoisotopic (exact) mass is 684 g/mol. The zero-order valence-corrected chi connectivity index (χ0v) is 30.2. The third-order valence-corrected chi connectivity index (χ3v) is 9.57. The van der Waals surface area contributed by atoms with Gasteiger partial charge in [0, 0.05) is 68.8 Å². The number of pyridine rings is 1. The predicted molar refractivity (Wildman–Crippen MR) is 192 cm³/mol. The lowest BCUT2D eigenvalue weighted by atomic mass is 9.69. The average Bonchev–Trinajstić information content (AvgIpc) is 3.10. The van der Waals surface area contributed by atoms with Crippen molar-refractivity contribution in [3.05, 3.63) is 89.7 Å². The largest absolute Gasteiger partial charge is 0.457 e. The molecule has 1 saturated heterocycles. The van der Waals surface area contributed by atoms with Gasteiger partial charge in [0.05, 0.1) is 18.4 Å². The summed E-state index contributed by atoms with van der Waals surface area (Å²) in [6.45, 7) is 9.53. The van der Waals surface area contributed by atoms with E-state index in [-0.39, 0.29) is 30.8 Å². The molecule has 3 aromatic rings. The van der Waals surface area contributed by atoms with Gasteiger partial charge in [-0.25, -0.2) is 4.79 Å². The lowest BCUT2D eigenvalue weighted by molar-refractivity contribution is -0.137. The molecular weight excluding hydrogens is 632 g/mol. The number of nitrogens with zero attached hydrogens (tertiary/aromatic N) is 3. The number of carbonyl (C=O) groups is 3. The maximum Gasteiger partial charge on any atom is 0.410 e. The zero-order chi connectivity index (χ0) is 35.7. The van der Waals surface area contributed by atoms with Crippen LogP contribution in [0.2, 0.25) is 0 Å². The van der Waals surface area contributed by atoms with Gasteiger partial charge in [-0.15, -0.1) is 0 Å². The molecule has 1 fully saturated rings. The minimum absolute atomic E-state index is 0.0429. The fourth-order valence-electron chi connectivity index (χ4n) is 7.26. The Morgan fingerprint density at radius 2 is 1.64 bits per heavy atom. The molecule has 3 heterocycles. The number of rotatable bonds is 13. The van der Waals surface area contributed by atoms with Gasteiger partial charge < -0.3 is 29.3 Å². The Bertz CT molecular complexity index is 1560. The second kappa shape index (κ2) is 16.5. The summed E-state index contributed by atoms with van der Waals surface area (Å²) in [5.41, 5.74) is 1.69. The van der Waals surface area contributed by atoms with Gasteiger partial charge in [0.1, 0.15) is 17.1 Å². The van der Waals surface area contributed by atoms with Crippen molar-refractivity contribution in [1.29, 1.82) is 0 Å². The molecule has 0 bridgehead atoms. The number of amides is 3. The van der Waals surface area contributed by atoms with Crippen LogP contribution in [0.15, 0.2) is 73.1 Å². The normalized spacial score (nSPS) is 17.9. The summed E-state index contributed by atoms with van der Waals surface area (Å²) in [5.74, 6) is 0.816. The fourth-order valence-corrected chi connectivity index (χ4v) is 7.26. The summed E-state index contributed by atoms with van der Waals surface area (Å²) in [6.07, 6.45) is 6.81. The minimum Gasteiger partial charge on any atom is -0.457 e. The van der Waals surface area contributed by atoms with Crippen LogP contribution in [0.5, 0.6) is 11.5 Å². The first-order valence-corrected chi connectivity index (χ1v) is 17.8. The van der Waals surface area contributed by atoms with Crippen molar-refractivity contribution in [3.8, 4) is 11.5 Å². The van der Waals surface area contributed by atoms with E-state index < -0.39 is 23.0 Å². The summed E-state index contributed by atoms with van der Waals surface area (Å²) >= 11 is 0. The van der Waals surface area contributed by atoms with Gasteiger partial charge in [0.25, 0.3) is 0 Å². The number of hydrogen-bond acceptors (Lipinski definition) is 7. The van der Waals surface area contributed by atoms with Gasteiger partial charge in [-0.1, -0.05) is 43.3 Å². The number of ether oxygens (including phenoxy) is 3. The summed E-state index contributed by atoms with van der Waals surface area (Å²) in [7, 11) is 1.71. The molecule has 0 aliphatic carbocycles.